The van der Waals surface area contributed by atoms with Gasteiger partial charge in [0.25, 0.3) is 0 Å². The van der Waals surface area contributed by atoms with Crippen molar-refractivity contribution in [2.24, 2.45) is 0 Å². The SMILES string of the molecule is CCC(C(=O)N1CCC(n2nnc3cccnc32)CC1)c1ccccc1. The fourth-order valence-corrected chi connectivity index (χ4v) is 3.82. The first-order chi connectivity index (χ1) is 12.8. The lowest BCUT2D eigenvalue weighted by molar-refractivity contribution is -0.134. The van der Waals surface area contributed by atoms with Crippen LogP contribution in [0.15, 0.2) is 48.7 Å². The first-order valence-electron chi connectivity index (χ1n) is 9.27. The number of hydrogen-bond donors (Lipinski definition) is 0. The van der Waals surface area contributed by atoms with Crippen molar-refractivity contribution in [3.05, 3.63) is 54.2 Å². The van der Waals surface area contributed by atoms with Gasteiger partial charge in [-0.2, -0.15) is 0 Å². The summed E-state index contributed by atoms with van der Waals surface area (Å²) in [6.07, 6.45) is 4.35. The largest absolute Gasteiger partial charge is 0.342 e. The fourth-order valence-electron chi connectivity index (χ4n) is 3.82. The van der Waals surface area contributed by atoms with Crippen LogP contribution >= 0.6 is 0 Å². The van der Waals surface area contributed by atoms with Crippen molar-refractivity contribution in [3.8, 4) is 0 Å². The summed E-state index contributed by atoms with van der Waals surface area (Å²) in [5, 5.41) is 8.49. The molecule has 0 spiro atoms. The Balaban J connectivity index is 1.45. The first-order valence-corrected chi connectivity index (χ1v) is 9.27. The number of hydrogen-bond acceptors (Lipinski definition) is 4. The normalized spacial score (nSPS) is 16.7. The van der Waals surface area contributed by atoms with Gasteiger partial charge in [-0.3, -0.25) is 4.79 Å². The Labute approximate surface area is 152 Å². The molecule has 4 rings (SSSR count). The van der Waals surface area contributed by atoms with Crippen LogP contribution in [0.5, 0.6) is 0 Å². The van der Waals surface area contributed by atoms with E-state index >= 15 is 0 Å². The smallest absolute Gasteiger partial charge is 0.230 e. The Kier molecular flexibility index (Phi) is 4.65. The molecule has 3 aromatic rings. The summed E-state index contributed by atoms with van der Waals surface area (Å²) >= 11 is 0. The molecular formula is C20H23N5O. The molecule has 3 heterocycles. The molecule has 0 bridgehead atoms. The summed E-state index contributed by atoms with van der Waals surface area (Å²) in [6.45, 7) is 3.58. The molecule has 1 fully saturated rings. The third-order valence-corrected chi connectivity index (χ3v) is 5.26. The van der Waals surface area contributed by atoms with Crippen molar-refractivity contribution in [1.82, 2.24) is 24.9 Å². The van der Waals surface area contributed by atoms with Crippen LogP contribution in [0.1, 0.15) is 43.7 Å². The van der Waals surface area contributed by atoms with Crippen molar-refractivity contribution in [2.45, 2.75) is 38.1 Å². The molecule has 1 aliphatic rings. The van der Waals surface area contributed by atoms with Gasteiger partial charge in [0.2, 0.25) is 5.91 Å². The van der Waals surface area contributed by atoms with Crippen molar-refractivity contribution in [1.29, 1.82) is 0 Å². The Bertz CT molecular complexity index is 883. The van der Waals surface area contributed by atoms with E-state index in [1.54, 1.807) is 6.20 Å². The zero-order valence-corrected chi connectivity index (χ0v) is 15.0. The van der Waals surface area contributed by atoms with Gasteiger partial charge in [-0.15, -0.1) is 5.10 Å². The lowest BCUT2D eigenvalue weighted by Gasteiger charge is -2.34. The maximum Gasteiger partial charge on any atom is 0.230 e. The maximum absolute atomic E-state index is 13.0. The fraction of sp³-hybridized carbons (Fsp3) is 0.400. The van der Waals surface area contributed by atoms with E-state index in [4.69, 9.17) is 0 Å². The summed E-state index contributed by atoms with van der Waals surface area (Å²) < 4.78 is 1.92. The van der Waals surface area contributed by atoms with E-state index in [9.17, 15) is 4.79 Å². The number of fused-ring (bicyclic) bond motifs is 1. The molecule has 0 aliphatic carbocycles. The van der Waals surface area contributed by atoms with Gasteiger partial charge in [0.1, 0.15) is 5.52 Å². The van der Waals surface area contributed by atoms with E-state index in [-0.39, 0.29) is 17.9 Å². The molecular weight excluding hydrogens is 326 g/mol. The van der Waals surface area contributed by atoms with Crippen LogP contribution < -0.4 is 0 Å². The summed E-state index contributed by atoms with van der Waals surface area (Å²) in [7, 11) is 0. The number of pyridine rings is 1. The van der Waals surface area contributed by atoms with E-state index in [1.165, 1.54) is 0 Å². The zero-order valence-electron chi connectivity index (χ0n) is 15.0. The van der Waals surface area contributed by atoms with Gasteiger partial charge >= 0.3 is 0 Å². The van der Waals surface area contributed by atoms with Gasteiger partial charge < -0.3 is 4.90 Å². The maximum atomic E-state index is 13.0. The summed E-state index contributed by atoms with van der Waals surface area (Å²) in [5.74, 6) is 0.181. The average molecular weight is 349 g/mol. The monoisotopic (exact) mass is 349 g/mol. The molecule has 6 nitrogen and oxygen atoms in total. The van der Waals surface area contributed by atoms with E-state index in [1.807, 2.05) is 52.0 Å². The first kappa shape index (κ1) is 16.7. The van der Waals surface area contributed by atoms with E-state index < -0.39 is 0 Å². The Hall–Kier alpha value is -2.76. The molecule has 1 unspecified atom stereocenters. The van der Waals surface area contributed by atoms with Crippen molar-refractivity contribution < 1.29 is 4.79 Å². The number of nitrogens with zero attached hydrogens (tertiary/aromatic N) is 5. The van der Waals surface area contributed by atoms with Crippen molar-refractivity contribution >= 4 is 17.1 Å². The number of piperidine rings is 1. The number of carbonyl (C=O) groups excluding carboxylic acids is 1. The van der Waals surface area contributed by atoms with Crippen LogP contribution in [-0.2, 0) is 4.79 Å². The molecule has 26 heavy (non-hydrogen) atoms. The number of amides is 1. The molecule has 0 radical (unpaired) electrons. The van der Waals surface area contributed by atoms with Gasteiger partial charge in [-0.05, 0) is 37.0 Å². The number of aromatic nitrogens is 4. The zero-order chi connectivity index (χ0) is 17.9. The van der Waals surface area contributed by atoms with E-state index in [0.29, 0.717) is 0 Å². The number of likely N-dealkylation sites (tertiary alicyclic amines) is 1. The highest BCUT2D eigenvalue weighted by molar-refractivity contribution is 5.83. The van der Waals surface area contributed by atoms with Crippen LogP contribution in [0.25, 0.3) is 11.2 Å². The second-order valence-electron chi connectivity index (χ2n) is 6.81. The minimum atomic E-state index is -0.0541. The topological polar surface area (TPSA) is 63.9 Å². The van der Waals surface area contributed by atoms with Gasteiger partial charge in [-0.1, -0.05) is 42.5 Å². The highest BCUT2D eigenvalue weighted by Gasteiger charge is 2.29. The second-order valence-corrected chi connectivity index (χ2v) is 6.81. The lowest BCUT2D eigenvalue weighted by Crippen LogP contribution is -2.41. The molecule has 2 aromatic heterocycles. The third kappa shape index (κ3) is 3.07. The Morgan fingerprint density at radius 1 is 1.15 bits per heavy atom. The number of carbonyl (C=O) groups is 1. The minimum absolute atomic E-state index is 0.0541. The van der Waals surface area contributed by atoms with E-state index in [0.717, 1.165) is 49.1 Å². The highest BCUT2D eigenvalue weighted by Crippen LogP contribution is 2.28. The predicted octanol–water partition coefficient (Wildman–Crippen LogP) is 3.18. The van der Waals surface area contributed by atoms with E-state index in [2.05, 4.69) is 22.2 Å². The molecule has 1 aliphatic heterocycles. The molecule has 1 saturated heterocycles. The summed E-state index contributed by atoms with van der Waals surface area (Å²) in [6, 6.07) is 14.1. The Morgan fingerprint density at radius 2 is 1.92 bits per heavy atom. The number of benzene rings is 1. The second kappa shape index (κ2) is 7.23. The van der Waals surface area contributed by atoms with Crippen LogP contribution in [0.2, 0.25) is 0 Å². The van der Waals surface area contributed by atoms with Crippen LogP contribution in [0.3, 0.4) is 0 Å². The standard InChI is InChI=1S/C20H23N5O/c1-2-17(15-7-4-3-5-8-15)20(26)24-13-10-16(11-14-24)25-19-18(22-23-25)9-6-12-21-19/h3-9,12,16-17H,2,10-11,13-14H2,1H3. The summed E-state index contributed by atoms with van der Waals surface area (Å²) in [4.78, 5) is 19.4. The van der Waals surface area contributed by atoms with Crippen LogP contribution in [0.4, 0.5) is 0 Å². The quantitative estimate of drug-likeness (QED) is 0.726. The number of rotatable bonds is 4. The van der Waals surface area contributed by atoms with Crippen molar-refractivity contribution in [2.75, 3.05) is 13.1 Å². The lowest BCUT2D eigenvalue weighted by atomic mass is 9.93. The van der Waals surface area contributed by atoms with Crippen LogP contribution in [-0.4, -0.2) is 43.9 Å². The predicted molar refractivity (Wildman–Crippen MR) is 99.6 cm³/mol. The molecule has 1 amide bonds. The van der Waals surface area contributed by atoms with Gasteiger partial charge in [0, 0.05) is 19.3 Å². The van der Waals surface area contributed by atoms with Crippen LogP contribution in [0, 0.1) is 0 Å². The van der Waals surface area contributed by atoms with Gasteiger partial charge in [0.15, 0.2) is 5.65 Å². The molecule has 1 atom stereocenters. The van der Waals surface area contributed by atoms with Gasteiger partial charge in [-0.25, -0.2) is 9.67 Å². The molecule has 1 aromatic carbocycles. The minimum Gasteiger partial charge on any atom is -0.342 e. The molecule has 0 N–H and O–H groups in total. The Morgan fingerprint density at radius 3 is 2.65 bits per heavy atom. The third-order valence-electron chi connectivity index (χ3n) is 5.26. The molecule has 134 valence electrons. The highest BCUT2D eigenvalue weighted by atomic mass is 16.2. The average Bonchev–Trinajstić information content (AvgIpc) is 3.13. The molecule has 0 saturated carbocycles. The van der Waals surface area contributed by atoms with Crippen molar-refractivity contribution in [3.63, 3.8) is 0 Å². The molecule has 6 heteroatoms. The van der Waals surface area contributed by atoms with Gasteiger partial charge in [0.05, 0.1) is 12.0 Å². The summed E-state index contributed by atoms with van der Waals surface area (Å²) in [5.41, 5.74) is 2.75.